The first-order valence-corrected chi connectivity index (χ1v) is 8.86. The molecule has 3 nitrogen and oxygen atoms in total. The van der Waals surface area contributed by atoms with Crippen LogP contribution in [0.2, 0.25) is 5.02 Å². The van der Waals surface area contributed by atoms with E-state index in [0.29, 0.717) is 16.5 Å². The van der Waals surface area contributed by atoms with Crippen molar-refractivity contribution in [2.45, 2.75) is 42.4 Å². The fourth-order valence-electron chi connectivity index (χ4n) is 2.95. The van der Waals surface area contributed by atoms with E-state index < -0.39 is 9.84 Å². The highest BCUT2D eigenvalue weighted by Gasteiger charge is 2.34. The van der Waals surface area contributed by atoms with E-state index in [9.17, 15) is 8.42 Å². The molecule has 0 saturated heterocycles. The molecular weight excluding hydrogens is 282 g/mol. The summed E-state index contributed by atoms with van der Waals surface area (Å²) in [5.41, 5.74) is 6.74. The molecule has 1 saturated carbocycles. The van der Waals surface area contributed by atoms with Gasteiger partial charge in [0.2, 0.25) is 0 Å². The van der Waals surface area contributed by atoms with E-state index in [1.165, 1.54) is 12.7 Å². The molecule has 1 aliphatic rings. The van der Waals surface area contributed by atoms with Crippen LogP contribution in [0.1, 0.15) is 37.7 Å². The topological polar surface area (TPSA) is 60.2 Å². The molecule has 0 amide bonds. The first-order valence-electron chi connectivity index (χ1n) is 6.59. The molecule has 1 fully saturated rings. The minimum Gasteiger partial charge on any atom is -0.330 e. The van der Waals surface area contributed by atoms with Crippen LogP contribution in [0.3, 0.4) is 0 Å². The second-order valence-corrected chi connectivity index (χ2v) is 7.88. The average Bonchev–Trinajstić information content (AvgIpc) is 2.38. The Hall–Kier alpha value is -0.580. The van der Waals surface area contributed by atoms with Gasteiger partial charge >= 0.3 is 0 Å². The van der Waals surface area contributed by atoms with E-state index in [1.807, 2.05) is 0 Å². The Kier molecular flexibility index (Phi) is 4.23. The van der Waals surface area contributed by atoms with Crippen molar-refractivity contribution < 1.29 is 8.42 Å². The Bertz CT molecular complexity index is 563. The SMILES string of the molecule is CS(=O)(=O)c1ccc(Cl)c(C2(CN)CCCCC2)c1. The molecule has 2 rings (SSSR count). The van der Waals surface area contributed by atoms with Crippen LogP contribution in [0.25, 0.3) is 0 Å². The van der Waals surface area contributed by atoms with Crippen molar-refractivity contribution >= 4 is 21.4 Å². The van der Waals surface area contributed by atoms with E-state index in [-0.39, 0.29) is 5.41 Å². The maximum absolute atomic E-state index is 11.7. The third kappa shape index (κ3) is 2.96. The maximum atomic E-state index is 11.7. The molecule has 0 heterocycles. The highest BCUT2D eigenvalue weighted by atomic mass is 35.5. The molecule has 0 aromatic heterocycles. The number of sulfone groups is 1. The van der Waals surface area contributed by atoms with Crippen LogP contribution in [-0.2, 0) is 15.3 Å². The van der Waals surface area contributed by atoms with Crippen molar-refractivity contribution in [1.82, 2.24) is 0 Å². The zero-order valence-corrected chi connectivity index (χ0v) is 12.7. The molecule has 1 aromatic rings. The fourth-order valence-corrected chi connectivity index (χ4v) is 3.92. The Morgan fingerprint density at radius 2 is 1.89 bits per heavy atom. The monoisotopic (exact) mass is 301 g/mol. The van der Waals surface area contributed by atoms with Gasteiger partial charge in [0.25, 0.3) is 0 Å². The first kappa shape index (κ1) is 14.8. The summed E-state index contributed by atoms with van der Waals surface area (Å²) >= 11 is 6.30. The number of halogens is 1. The lowest BCUT2D eigenvalue weighted by atomic mass is 9.69. The summed E-state index contributed by atoms with van der Waals surface area (Å²) in [5, 5.41) is 0.625. The van der Waals surface area contributed by atoms with Crippen LogP contribution in [0.4, 0.5) is 0 Å². The smallest absolute Gasteiger partial charge is 0.175 e. The van der Waals surface area contributed by atoms with Crippen LogP contribution in [0.5, 0.6) is 0 Å². The normalized spacial score (nSPS) is 19.3. The van der Waals surface area contributed by atoms with Crippen LogP contribution in [0.15, 0.2) is 23.1 Å². The molecule has 0 aliphatic heterocycles. The number of hydrogen-bond acceptors (Lipinski definition) is 3. The number of benzene rings is 1. The van der Waals surface area contributed by atoms with Crippen LogP contribution in [-0.4, -0.2) is 21.2 Å². The second kappa shape index (κ2) is 5.43. The van der Waals surface area contributed by atoms with E-state index in [2.05, 4.69) is 0 Å². The summed E-state index contributed by atoms with van der Waals surface area (Å²) in [5.74, 6) is 0. The highest BCUT2D eigenvalue weighted by molar-refractivity contribution is 7.90. The molecule has 106 valence electrons. The number of hydrogen-bond donors (Lipinski definition) is 1. The summed E-state index contributed by atoms with van der Waals surface area (Å²) in [6.07, 6.45) is 6.64. The lowest BCUT2D eigenvalue weighted by Crippen LogP contribution is -2.37. The van der Waals surface area contributed by atoms with Crippen molar-refractivity contribution in [2.75, 3.05) is 12.8 Å². The Balaban J connectivity index is 2.53. The minimum absolute atomic E-state index is 0.157. The Morgan fingerprint density at radius 1 is 1.26 bits per heavy atom. The van der Waals surface area contributed by atoms with Crippen LogP contribution in [0, 0.1) is 0 Å². The predicted molar refractivity (Wildman–Crippen MR) is 78.4 cm³/mol. The van der Waals surface area contributed by atoms with Crippen molar-refractivity contribution in [3.8, 4) is 0 Å². The largest absolute Gasteiger partial charge is 0.330 e. The van der Waals surface area contributed by atoms with Gasteiger partial charge in [-0.3, -0.25) is 0 Å². The standard InChI is InChI=1S/C14H20ClNO2S/c1-19(17,18)11-5-6-13(15)12(9-11)14(10-16)7-3-2-4-8-14/h5-6,9H,2-4,7-8,10,16H2,1H3. The van der Waals surface area contributed by atoms with Crippen molar-refractivity contribution in [2.24, 2.45) is 5.73 Å². The predicted octanol–water partition coefficient (Wildman–Crippen LogP) is 2.90. The van der Waals surface area contributed by atoms with Gasteiger partial charge in [0.05, 0.1) is 4.90 Å². The quantitative estimate of drug-likeness (QED) is 0.934. The fraction of sp³-hybridized carbons (Fsp3) is 0.571. The van der Waals surface area contributed by atoms with Crippen molar-refractivity contribution in [3.63, 3.8) is 0 Å². The van der Waals surface area contributed by atoms with Crippen LogP contribution < -0.4 is 5.73 Å². The highest BCUT2D eigenvalue weighted by Crippen LogP contribution is 2.42. The summed E-state index contributed by atoms with van der Waals surface area (Å²) in [6.45, 7) is 0.514. The molecule has 1 aromatic carbocycles. The molecule has 0 bridgehead atoms. The summed E-state index contributed by atoms with van der Waals surface area (Å²) in [7, 11) is -3.22. The van der Waals surface area contributed by atoms with Gasteiger partial charge in [0, 0.05) is 23.2 Å². The van der Waals surface area contributed by atoms with Gasteiger partial charge in [-0.05, 0) is 36.6 Å². The minimum atomic E-state index is -3.22. The lowest BCUT2D eigenvalue weighted by molar-refractivity contribution is 0.300. The van der Waals surface area contributed by atoms with Crippen molar-refractivity contribution in [3.05, 3.63) is 28.8 Å². The van der Waals surface area contributed by atoms with Gasteiger partial charge in [0.1, 0.15) is 0 Å². The van der Waals surface area contributed by atoms with Gasteiger partial charge in [-0.15, -0.1) is 0 Å². The third-order valence-corrected chi connectivity index (χ3v) is 5.58. The molecule has 0 radical (unpaired) electrons. The number of nitrogens with two attached hydrogens (primary N) is 1. The Labute approximate surface area is 120 Å². The summed E-state index contributed by atoms with van der Waals surface area (Å²) in [4.78, 5) is 0.324. The number of rotatable bonds is 3. The zero-order chi connectivity index (χ0) is 14.1. The third-order valence-electron chi connectivity index (χ3n) is 4.14. The van der Waals surface area contributed by atoms with E-state index in [0.717, 1.165) is 31.2 Å². The van der Waals surface area contributed by atoms with Gasteiger partial charge in [-0.2, -0.15) is 0 Å². The molecule has 5 heteroatoms. The first-order chi connectivity index (χ1) is 8.89. The van der Waals surface area contributed by atoms with Gasteiger partial charge in [-0.1, -0.05) is 30.9 Å². The van der Waals surface area contributed by atoms with Gasteiger partial charge in [0.15, 0.2) is 9.84 Å². The molecular formula is C14H20ClNO2S. The second-order valence-electron chi connectivity index (χ2n) is 5.46. The van der Waals surface area contributed by atoms with Gasteiger partial charge in [-0.25, -0.2) is 8.42 Å². The van der Waals surface area contributed by atoms with E-state index >= 15 is 0 Å². The molecule has 0 spiro atoms. The average molecular weight is 302 g/mol. The van der Waals surface area contributed by atoms with E-state index in [1.54, 1.807) is 18.2 Å². The zero-order valence-electron chi connectivity index (χ0n) is 11.2. The molecule has 2 N–H and O–H groups in total. The molecule has 19 heavy (non-hydrogen) atoms. The van der Waals surface area contributed by atoms with E-state index in [4.69, 9.17) is 17.3 Å². The molecule has 0 atom stereocenters. The van der Waals surface area contributed by atoms with Crippen LogP contribution >= 0.6 is 11.6 Å². The van der Waals surface area contributed by atoms with Gasteiger partial charge < -0.3 is 5.73 Å². The lowest BCUT2D eigenvalue weighted by Gasteiger charge is -2.37. The summed E-state index contributed by atoms with van der Waals surface area (Å²) < 4.78 is 23.4. The maximum Gasteiger partial charge on any atom is 0.175 e. The summed E-state index contributed by atoms with van der Waals surface area (Å²) in [6, 6.07) is 4.96. The molecule has 1 aliphatic carbocycles. The van der Waals surface area contributed by atoms with Crippen molar-refractivity contribution in [1.29, 1.82) is 0 Å². The Morgan fingerprint density at radius 3 is 2.42 bits per heavy atom. The molecule has 0 unspecified atom stereocenters.